The molecule has 3 aromatic rings. The number of nitrogens with zero attached hydrogens (tertiary/aromatic N) is 4. The Hall–Kier alpha value is -4.36. The van der Waals surface area contributed by atoms with Crippen molar-refractivity contribution in [2.45, 2.75) is 51.2 Å². The highest BCUT2D eigenvalue weighted by Gasteiger charge is 2.42. The van der Waals surface area contributed by atoms with Crippen LogP contribution < -0.4 is 21.1 Å². The Kier molecular flexibility index (Phi) is 5.66. The van der Waals surface area contributed by atoms with Crippen LogP contribution in [0.5, 0.6) is 5.75 Å². The largest absolute Gasteiger partial charge is 0.573 e. The summed E-state index contributed by atoms with van der Waals surface area (Å²) < 4.78 is 45.6. The molecule has 39 heavy (non-hydrogen) atoms. The lowest BCUT2D eigenvalue weighted by Gasteiger charge is -2.24. The Labute approximate surface area is 219 Å². The van der Waals surface area contributed by atoms with Crippen molar-refractivity contribution in [1.29, 1.82) is 0 Å². The molecule has 11 nitrogen and oxygen atoms in total. The van der Waals surface area contributed by atoms with Crippen molar-refractivity contribution in [3.63, 3.8) is 0 Å². The third kappa shape index (κ3) is 4.59. The molecule has 4 N–H and O–H groups in total. The molecule has 2 atom stereocenters. The monoisotopic (exact) mass is 543 g/mol. The molecule has 204 valence electrons. The summed E-state index contributed by atoms with van der Waals surface area (Å²) in [5, 5.41) is 9.46. The van der Waals surface area contributed by atoms with E-state index in [-0.39, 0.29) is 65.3 Å². The molecule has 6 rings (SSSR count). The lowest BCUT2D eigenvalue weighted by Crippen LogP contribution is -2.36. The van der Waals surface area contributed by atoms with Gasteiger partial charge >= 0.3 is 6.36 Å². The minimum absolute atomic E-state index is 0.0243. The number of nitrogen functional groups attached to an aromatic ring is 1. The van der Waals surface area contributed by atoms with Gasteiger partial charge in [0, 0.05) is 37.3 Å². The second-order valence-corrected chi connectivity index (χ2v) is 10.1. The average Bonchev–Trinajstić information content (AvgIpc) is 3.43. The van der Waals surface area contributed by atoms with Crippen molar-refractivity contribution in [3.8, 4) is 17.0 Å². The number of nitrogens with one attached hydrogen (secondary N) is 2. The van der Waals surface area contributed by atoms with Crippen LogP contribution in [0.2, 0.25) is 0 Å². The highest BCUT2D eigenvalue weighted by molar-refractivity contribution is 6.05. The van der Waals surface area contributed by atoms with E-state index in [1.165, 1.54) is 16.8 Å². The summed E-state index contributed by atoms with van der Waals surface area (Å²) in [7, 11) is 0. The summed E-state index contributed by atoms with van der Waals surface area (Å²) in [6, 6.07) is 3.72. The van der Waals surface area contributed by atoms with Crippen molar-refractivity contribution in [3.05, 3.63) is 41.1 Å². The minimum Gasteiger partial charge on any atom is -0.405 e. The quantitative estimate of drug-likeness (QED) is 0.433. The van der Waals surface area contributed by atoms with Gasteiger partial charge in [0.2, 0.25) is 5.91 Å². The number of rotatable bonds is 6. The third-order valence-corrected chi connectivity index (χ3v) is 7.37. The molecular weight excluding hydrogens is 519 g/mol. The highest BCUT2D eigenvalue weighted by Crippen LogP contribution is 2.42. The van der Waals surface area contributed by atoms with Crippen LogP contribution in [0.1, 0.15) is 52.5 Å². The Morgan fingerprint density at radius 2 is 2.05 bits per heavy atom. The molecule has 0 radical (unpaired) electrons. The maximum absolute atomic E-state index is 13.4. The smallest absolute Gasteiger partial charge is 0.405 e. The topological polar surface area (TPSA) is 144 Å². The van der Waals surface area contributed by atoms with Gasteiger partial charge in [-0.15, -0.1) is 18.3 Å². The number of nitrogens with two attached hydrogens (primary N) is 1. The van der Waals surface area contributed by atoms with Gasteiger partial charge < -0.3 is 26.0 Å². The molecule has 4 heterocycles. The van der Waals surface area contributed by atoms with Crippen LogP contribution >= 0.6 is 0 Å². The molecule has 1 aromatic carbocycles. The molecule has 1 unspecified atom stereocenters. The van der Waals surface area contributed by atoms with E-state index in [2.05, 4.69) is 25.5 Å². The van der Waals surface area contributed by atoms with E-state index < -0.39 is 30.0 Å². The Morgan fingerprint density at radius 3 is 2.72 bits per heavy atom. The van der Waals surface area contributed by atoms with Gasteiger partial charge in [0.05, 0.1) is 17.3 Å². The average molecular weight is 544 g/mol. The van der Waals surface area contributed by atoms with E-state index in [1.54, 1.807) is 11.0 Å². The van der Waals surface area contributed by atoms with Crippen LogP contribution in [0, 0.1) is 5.92 Å². The van der Waals surface area contributed by atoms with E-state index in [9.17, 15) is 27.6 Å². The van der Waals surface area contributed by atoms with Gasteiger partial charge in [-0.25, -0.2) is 9.50 Å². The summed E-state index contributed by atoms with van der Waals surface area (Å²) in [4.78, 5) is 43.7. The summed E-state index contributed by atoms with van der Waals surface area (Å²) in [5.74, 6) is -1.64. The molecule has 0 bridgehead atoms. The second kappa shape index (κ2) is 8.85. The Bertz CT molecular complexity index is 1530. The summed E-state index contributed by atoms with van der Waals surface area (Å²) >= 11 is 0. The standard InChI is InChI=1S/C25H24F3N7O4/c1-11(12-2-3-12)34-10-14-6-13(7-17(19(14)24(34)38)39-25(26,27)28)16-4-5-35-22(32-16)20(21(29)33-35)23(37)31-15-8-18(36)30-9-15/h4-7,11-12,15H,2-3,8-10H2,1H3,(H2,29,33)(H,30,36)(H,31,37)/t11?,15-/m1/s1. The fraction of sp³-hybridized carbons (Fsp3) is 0.400. The van der Waals surface area contributed by atoms with E-state index in [1.807, 2.05) is 6.92 Å². The van der Waals surface area contributed by atoms with Crippen molar-refractivity contribution in [2.24, 2.45) is 5.92 Å². The van der Waals surface area contributed by atoms with E-state index in [0.29, 0.717) is 11.5 Å². The number of benzene rings is 1. The van der Waals surface area contributed by atoms with Crippen LogP contribution in [-0.2, 0) is 11.3 Å². The zero-order chi connectivity index (χ0) is 27.6. The molecule has 2 aliphatic heterocycles. The minimum atomic E-state index is -5.01. The zero-order valence-corrected chi connectivity index (χ0v) is 20.7. The van der Waals surface area contributed by atoms with Gasteiger partial charge in [0.25, 0.3) is 11.8 Å². The number of fused-ring (bicyclic) bond motifs is 2. The van der Waals surface area contributed by atoms with Gasteiger partial charge in [-0.05, 0) is 49.4 Å². The van der Waals surface area contributed by atoms with Crippen LogP contribution in [0.15, 0.2) is 24.4 Å². The first-order valence-electron chi connectivity index (χ1n) is 12.4. The van der Waals surface area contributed by atoms with Crippen molar-refractivity contribution >= 4 is 29.2 Å². The number of amides is 3. The van der Waals surface area contributed by atoms with Gasteiger partial charge in [-0.2, -0.15) is 0 Å². The SMILES string of the molecule is CC(C1CC1)N1Cc2cc(-c3ccn4nc(N)c(C(=O)N[C@H]5CNC(=O)C5)c4n3)cc(OC(F)(F)F)c2C1=O. The molecular formula is C25H24F3N7O4. The normalized spacial score (nSPS) is 19.8. The van der Waals surface area contributed by atoms with Crippen LogP contribution in [0.3, 0.4) is 0 Å². The fourth-order valence-corrected chi connectivity index (χ4v) is 5.24. The van der Waals surface area contributed by atoms with Crippen LogP contribution in [-0.4, -0.2) is 62.2 Å². The summed E-state index contributed by atoms with van der Waals surface area (Å²) in [6.45, 7) is 2.32. The van der Waals surface area contributed by atoms with Crippen molar-refractivity contribution < 1.29 is 32.3 Å². The number of carbonyl (C=O) groups is 3. The predicted octanol–water partition coefficient (Wildman–Crippen LogP) is 2.25. The first kappa shape index (κ1) is 24.9. The lowest BCUT2D eigenvalue weighted by molar-refractivity contribution is -0.274. The number of carbonyl (C=O) groups excluding carboxylic acids is 3. The first-order valence-corrected chi connectivity index (χ1v) is 12.4. The molecule has 3 amide bonds. The maximum atomic E-state index is 13.4. The molecule has 1 saturated heterocycles. The van der Waals surface area contributed by atoms with Crippen LogP contribution in [0.4, 0.5) is 19.0 Å². The first-order chi connectivity index (χ1) is 18.5. The number of hydrogen-bond donors (Lipinski definition) is 3. The number of anilines is 1. The predicted molar refractivity (Wildman–Crippen MR) is 130 cm³/mol. The zero-order valence-electron chi connectivity index (χ0n) is 20.7. The van der Waals surface area contributed by atoms with E-state index in [4.69, 9.17) is 5.73 Å². The van der Waals surface area contributed by atoms with Crippen LogP contribution in [0.25, 0.3) is 16.9 Å². The summed E-state index contributed by atoms with van der Waals surface area (Å²) in [6.07, 6.45) is -1.47. The summed E-state index contributed by atoms with van der Waals surface area (Å²) in [5.41, 5.74) is 6.83. The number of hydrogen-bond acceptors (Lipinski definition) is 7. The molecule has 2 aromatic heterocycles. The second-order valence-electron chi connectivity index (χ2n) is 10.1. The fourth-order valence-electron chi connectivity index (χ4n) is 5.24. The Balaban J connectivity index is 1.39. The van der Waals surface area contributed by atoms with E-state index >= 15 is 0 Å². The Morgan fingerprint density at radius 1 is 1.28 bits per heavy atom. The van der Waals surface area contributed by atoms with Crippen molar-refractivity contribution in [1.82, 2.24) is 30.1 Å². The molecule has 1 saturated carbocycles. The van der Waals surface area contributed by atoms with Gasteiger partial charge in [0.1, 0.15) is 11.3 Å². The van der Waals surface area contributed by atoms with Gasteiger partial charge in [0.15, 0.2) is 11.5 Å². The van der Waals surface area contributed by atoms with Crippen molar-refractivity contribution in [2.75, 3.05) is 12.3 Å². The molecule has 0 spiro atoms. The van der Waals surface area contributed by atoms with E-state index in [0.717, 1.165) is 18.9 Å². The number of halogens is 3. The highest BCUT2D eigenvalue weighted by atomic mass is 19.4. The number of ether oxygens (including phenoxy) is 1. The molecule has 1 aliphatic carbocycles. The number of aromatic nitrogens is 3. The van der Waals surface area contributed by atoms with Gasteiger partial charge in [-0.1, -0.05) is 0 Å². The molecule has 2 fully saturated rings. The molecule has 3 aliphatic rings. The lowest BCUT2D eigenvalue weighted by atomic mass is 10.0. The third-order valence-electron chi connectivity index (χ3n) is 7.37. The van der Waals surface area contributed by atoms with Gasteiger partial charge in [-0.3, -0.25) is 14.4 Å². The maximum Gasteiger partial charge on any atom is 0.573 e. The number of alkyl halides is 3. The molecule has 14 heteroatoms.